The molecule has 7 nitrogen and oxygen atoms in total. The van der Waals surface area contributed by atoms with Crippen LogP contribution in [0.25, 0.3) is 27.8 Å². The van der Waals surface area contributed by atoms with E-state index in [-0.39, 0.29) is 12.4 Å². The average Bonchev–Trinajstić information content (AvgIpc) is 3.30. The third kappa shape index (κ3) is 5.41. The Morgan fingerprint density at radius 1 is 1.00 bits per heavy atom. The molecule has 2 aromatic carbocycles. The Balaban J connectivity index is 1.54. The first-order valence-corrected chi connectivity index (χ1v) is 13.0. The van der Waals surface area contributed by atoms with E-state index in [1.54, 1.807) is 18.3 Å². The zero-order chi connectivity index (χ0) is 27.0. The predicted molar refractivity (Wildman–Crippen MR) is 143 cm³/mol. The molecule has 1 aliphatic heterocycles. The van der Waals surface area contributed by atoms with Crippen molar-refractivity contribution in [1.82, 2.24) is 24.5 Å². The lowest BCUT2D eigenvalue weighted by Crippen LogP contribution is -2.39. The summed E-state index contributed by atoms with van der Waals surface area (Å²) in [7, 11) is 3.83. The lowest BCUT2D eigenvalue weighted by atomic mass is 9.92. The molecule has 0 bridgehead atoms. The van der Waals surface area contributed by atoms with Gasteiger partial charge in [0, 0.05) is 19.6 Å². The molecule has 1 aliphatic rings. The Kier molecular flexibility index (Phi) is 7.17. The minimum absolute atomic E-state index is 0.153. The number of aromatic nitrogens is 4. The van der Waals surface area contributed by atoms with E-state index in [4.69, 9.17) is 4.74 Å². The molecule has 0 aliphatic carbocycles. The Morgan fingerprint density at radius 3 is 2.42 bits per heavy atom. The molecule has 0 N–H and O–H groups in total. The Labute approximate surface area is 220 Å². The number of benzene rings is 2. The summed E-state index contributed by atoms with van der Waals surface area (Å²) in [6.45, 7) is 7.16. The van der Waals surface area contributed by atoms with Crippen molar-refractivity contribution in [2.24, 2.45) is 11.8 Å². The van der Waals surface area contributed by atoms with Crippen LogP contribution in [0.3, 0.4) is 0 Å². The summed E-state index contributed by atoms with van der Waals surface area (Å²) >= 11 is 0. The number of halogens is 3. The number of rotatable bonds is 7. The van der Waals surface area contributed by atoms with Crippen molar-refractivity contribution in [3.63, 3.8) is 0 Å². The van der Waals surface area contributed by atoms with Crippen LogP contribution in [-0.4, -0.2) is 64.8 Å². The van der Waals surface area contributed by atoms with Crippen molar-refractivity contribution in [3.05, 3.63) is 48.2 Å². The number of alkyl halides is 3. The highest BCUT2D eigenvalue weighted by Gasteiger charge is 2.35. The van der Waals surface area contributed by atoms with Crippen molar-refractivity contribution in [2.75, 3.05) is 45.2 Å². The molecule has 38 heavy (non-hydrogen) atoms. The van der Waals surface area contributed by atoms with E-state index in [2.05, 4.69) is 33.9 Å². The van der Waals surface area contributed by atoms with Crippen LogP contribution in [0.4, 0.5) is 19.1 Å². The van der Waals surface area contributed by atoms with Crippen LogP contribution in [0, 0.1) is 11.8 Å². The second-order valence-electron chi connectivity index (χ2n) is 10.7. The number of hydrogen-bond acceptors (Lipinski definition) is 6. The van der Waals surface area contributed by atoms with Crippen LogP contribution in [0.5, 0.6) is 5.75 Å². The molecule has 202 valence electrons. The first-order valence-electron chi connectivity index (χ1n) is 13.0. The van der Waals surface area contributed by atoms with E-state index in [0.29, 0.717) is 35.0 Å². The third-order valence-electron chi connectivity index (χ3n) is 6.98. The van der Waals surface area contributed by atoms with Crippen molar-refractivity contribution in [2.45, 2.75) is 32.9 Å². The topological polar surface area (TPSA) is 58.8 Å². The Hall–Kier alpha value is -3.40. The van der Waals surface area contributed by atoms with Gasteiger partial charge in [0.05, 0.1) is 29.4 Å². The van der Waals surface area contributed by atoms with Crippen molar-refractivity contribution in [3.8, 4) is 16.9 Å². The van der Waals surface area contributed by atoms with E-state index in [1.165, 1.54) is 6.07 Å². The van der Waals surface area contributed by atoms with Crippen LogP contribution >= 0.6 is 0 Å². The number of piperidine rings is 1. The fraction of sp³-hybridized carbons (Fsp3) is 0.464. The third-order valence-corrected chi connectivity index (χ3v) is 6.98. The largest absolute Gasteiger partial charge is 0.493 e. The zero-order valence-electron chi connectivity index (χ0n) is 22.2. The highest BCUT2D eigenvalue weighted by Crippen LogP contribution is 2.39. The molecule has 2 atom stereocenters. The van der Waals surface area contributed by atoms with E-state index in [1.807, 2.05) is 35.5 Å². The maximum atomic E-state index is 14.0. The molecular formula is C28H33F3N6O. The number of anilines is 1. The minimum Gasteiger partial charge on any atom is -0.493 e. The van der Waals surface area contributed by atoms with Crippen LogP contribution in [0.15, 0.2) is 42.6 Å². The summed E-state index contributed by atoms with van der Waals surface area (Å²) < 4.78 is 49.5. The quantitative estimate of drug-likeness (QED) is 0.285. The van der Waals surface area contributed by atoms with Gasteiger partial charge in [0.25, 0.3) is 0 Å². The molecule has 4 aromatic rings. The van der Waals surface area contributed by atoms with Gasteiger partial charge in [-0.05, 0) is 74.2 Å². The molecule has 0 unspecified atom stereocenters. The van der Waals surface area contributed by atoms with Crippen LogP contribution in [0.1, 0.15) is 32.3 Å². The van der Waals surface area contributed by atoms with Gasteiger partial charge in [-0.3, -0.25) is 9.38 Å². The van der Waals surface area contributed by atoms with Gasteiger partial charge in [-0.15, -0.1) is 10.2 Å². The van der Waals surface area contributed by atoms with Crippen molar-refractivity contribution < 1.29 is 17.9 Å². The minimum atomic E-state index is -4.54. The number of ether oxygens (including phenoxy) is 1. The van der Waals surface area contributed by atoms with E-state index in [9.17, 15) is 13.2 Å². The molecule has 0 saturated carbocycles. The van der Waals surface area contributed by atoms with E-state index < -0.39 is 11.7 Å². The van der Waals surface area contributed by atoms with Gasteiger partial charge in [0.15, 0.2) is 5.65 Å². The van der Waals surface area contributed by atoms with Gasteiger partial charge >= 0.3 is 6.18 Å². The molecule has 0 spiro atoms. The van der Waals surface area contributed by atoms with Gasteiger partial charge < -0.3 is 14.5 Å². The van der Waals surface area contributed by atoms with Gasteiger partial charge in [-0.1, -0.05) is 26.0 Å². The van der Waals surface area contributed by atoms with Gasteiger partial charge in [0.1, 0.15) is 5.75 Å². The molecule has 3 heterocycles. The number of fused-ring (bicyclic) bond motifs is 3. The normalized spacial score (nSPS) is 18.6. The van der Waals surface area contributed by atoms with E-state index >= 15 is 0 Å². The summed E-state index contributed by atoms with van der Waals surface area (Å²) in [5.74, 6) is 1.64. The maximum absolute atomic E-state index is 14.0. The Bertz CT molecular complexity index is 1420. The fourth-order valence-electron chi connectivity index (χ4n) is 5.37. The first-order chi connectivity index (χ1) is 18.1. The fourth-order valence-corrected chi connectivity index (χ4v) is 5.37. The van der Waals surface area contributed by atoms with Crippen LogP contribution in [-0.2, 0) is 6.18 Å². The van der Waals surface area contributed by atoms with Gasteiger partial charge in [-0.25, -0.2) is 0 Å². The first kappa shape index (κ1) is 26.2. The predicted octanol–water partition coefficient (Wildman–Crippen LogP) is 5.78. The van der Waals surface area contributed by atoms with Crippen molar-refractivity contribution >= 4 is 22.6 Å². The van der Waals surface area contributed by atoms with E-state index in [0.717, 1.165) is 49.1 Å². The van der Waals surface area contributed by atoms with Gasteiger partial charge in [-0.2, -0.15) is 13.2 Å². The molecule has 0 amide bonds. The number of hydrogen-bond donors (Lipinski definition) is 0. The highest BCUT2D eigenvalue weighted by atomic mass is 19.4. The molecule has 1 fully saturated rings. The summed E-state index contributed by atoms with van der Waals surface area (Å²) in [6, 6.07) is 9.74. The molecule has 5 rings (SSSR count). The highest BCUT2D eigenvalue weighted by molar-refractivity contribution is 5.84. The van der Waals surface area contributed by atoms with Crippen molar-refractivity contribution in [1.29, 1.82) is 0 Å². The smallest absolute Gasteiger partial charge is 0.419 e. The number of nitrogens with zero attached hydrogens (tertiary/aromatic N) is 6. The standard InChI is InChI=1S/C28H33F3N6O/c1-18-12-19(2)17-36(16-18)27-34-33-26-15-32-23-8-6-21(14-24(23)37(26)27)20-7-9-25(22(13-20)28(29,30)31)38-11-5-10-35(3)4/h6-9,13-15,18-19H,5,10-12,16-17H2,1-4H3/t18-,19+. The summed E-state index contributed by atoms with van der Waals surface area (Å²) in [4.78, 5) is 8.73. The molecule has 2 aromatic heterocycles. The average molecular weight is 527 g/mol. The monoisotopic (exact) mass is 526 g/mol. The molecular weight excluding hydrogens is 493 g/mol. The Morgan fingerprint density at radius 2 is 1.71 bits per heavy atom. The lowest BCUT2D eigenvalue weighted by molar-refractivity contribution is -0.138. The molecule has 0 radical (unpaired) electrons. The SMILES string of the molecule is C[C@@H]1C[C@H](C)CN(c2nnc3cnc4ccc(-c5ccc(OCCCN(C)C)c(C(F)(F)F)c5)cc4n23)C1. The van der Waals surface area contributed by atoms with Crippen LogP contribution in [0.2, 0.25) is 0 Å². The summed E-state index contributed by atoms with van der Waals surface area (Å²) in [5.41, 5.74) is 2.40. The zero-order valence-corrected chi connectivity index (χ0v) is 22.2. The molecule has 1 saturated heterocycles. The second kappa shape index (κ2) is 10.4. The van der Waals surface area contributed by atoms with Crippen LogP contribution < -0.4 is 9.64 Å². The summed E-state index contributed by atoms with van der Waals surface area (Å²) in [5, 5.41) is 8.82. The van der Waals surface area contributed by atoms with Gasteiger partial charge in [0.2, 0.25) is 5.95 Å². The summed E-state index contributed by atoms with van der Waals surface area (Å²) in [6.07, 6.45) is -1.06. The molecule has 10 heteroatoms. The second-order valence-corrected chi connectivity index (χ2v) is 10.7. The maximum Gasteiger partial charge on any atom is 0.419 e. The lowest BCUT2D eigenvalue weighted by Gasteiger charge is -2.35.